The van der Waals surface area contributed by atoms with Crippen molar-refractivity contribution in [2.24, 2.45) is 0 Å². The number of halogens is 4. The van der Waals surface area contributed by atoms with Gasteiger partial charge in [0.25, 0.3) is 0 Å². The molecule has 0 radical (unpaired) electrons. The zero-order chi connectivity index (χ0) is 17.6. The lowest BCUT2D eigenvalue weighted by Crippen LogP contribution is -2.19. The van der Waals surface area contributed by atoms with Gasteiger partial charge in [-0.15, -0.1) is 0 Å². The van der Waals surface area contributed by atoms with Gasteiger partial charge >= 0.3 is 0 Å². The number of rotatable bonds is 2. The molecule has 3 heterocycles. The van der Waals surface area contributed by atoms with Crippen LogP contribution in [0.2, 0.25) is 5.02 Å². The topological polar surface area (TPSA) is 39.9 Å². The fraction of sp³-hybridized carbons (Fsp3) is 0.294. The highest BCUT2D eigenvalue weighted by Gasteiger charge is 2.25. The molecule has 130 valence electrons. The monoisotopic (exact) mass is 427 g/mol. The Morgan fingerprint density at radius 2 is 2.08 bits per heavy atom. The Morgan fingerprint density at radius 3 is 2.84 bits per heavy atom. The van der Waals surface area contributed by atoms with Crippen molar-refractivity contribution >= 4 is 38.4 Å². The molecule has 4 rings (SSSR count). The summed E-state index contributed by atoms with van der Waals surface area (Å²) in [5.74, 6) is -1.34. The number of pyridine rings is 1. The second kappa shape index (κ2) is 6.63. The van der Waals surface area contributed by atoms with Crippen LogP contribution in [0, 0.1) is 11.6 Å². The summed E-state index contributed by atoms with van der Waals surface area (Å²) in [5, 5.41) is 5.24. The molecule has 1 aliphatic rings. The second-order valence-electron chi connectivity index (χ2n) is 5.89. The van der Waals surface area contributed by atoms with Gasteiger partial charge in [0.2, 0.25) is 0 Å². The Balaban J connectivity index is 2.00. The Labute approximate surface area is 155 Å². The summed E-state index contributed by atoms with van der Waals surface area (Å²) in [5.41, 5.74) is 1.16. The van der Waals surface area contributed by atoms with Crippen LogP contribution in [0.1, 0.15) is 25.5 Å². The molecule has 25 heavy (non-hydrogen) atoms. The normalized spacial score (nSPS) is 18.0. The molecule has 0 bridgehead atoms. The van der Waals surface area contributed by atoms with Crippen LogP contribution < -0.4 is 0 Å². The van der Waals surface area contributed by atoms with Crippen LogP contribution in [0.25, 0.3) is 22.2 Å². The van der Waals surface area contributed by atoms with Gasteiger partial charge in [-0.1, -0.05) is 11.6 Å². The van der Waals surface area contributed by atoms with Crippen LogP contribution in [0.4, 0.5) is 8.78 Å². The number of hydrogen-bond donors (Lipinski definition) is 0. The van der Waals surface area contributed by atoms with Crippen molar-refractivity contribution in [2.75, 3.05) is 6.61 Å². The molecule has 2 aromatic heterocycles. The average Bonchev–Trinajstić information content (AvgIpc) is 2.97. The van der Waals surface area contributed by atoms with Gasteiger partial charge in [-0.3, -0.25) is 0 Å². The third-order valence-corrected chi connectivity index (χ3v) is 4.96. The fourth-order valence-corrected chi connectivity index (χ4v) is 3.63. The maximum Gasteiger partial charge on any atom is 0.152 e. The average molecular weight is 429 g/mol. The van der Waals surface area contributed by atoms with Crippen LogP contribution >= 0.6 is 27.5 Å². The van der Waals surface area contributed by atoms with Gasteiger partial charge in [-0.05, 0) is 47.3 Å². The highest BCUT2D eigenvalue weighted by molar-refractivity contribution is 9.10. The van der Waals surface area contributed by atoms with Gasteiger partial charge < -0.3 is 4.74 Å². The second-order valence-corrected chi connectivity index (χ2v) is 7.10. The van der Waals surface area contributed by atoms with Crippen molar-refractivity contribution in [3.05, 3.63) is 45.7 Å². The van der Waals surface area contributed by atoms with E-state index in [-0.39, 0.29) is 11.7 Å². The van der Waals surface area contributed by atoms with Crippen LogP contribution in [0.3, 0.4) is 0 Å². The zero-order valence-corrected chi connectivity index (χ0v) is 15.3. The molecule has 0 aliphatic carbocycles. The first-order valence-corrected chi connectivity index (χ1v) is 9.02. The highest BCUT2D eigenvalue weighted by atomic mass is 79.9. The molecule has 0 N–H and O–H groups in total. The minimum absolute atomic E-state index is 0.215. The maximum atomic E-state index is 14.6. The molecule has 1 atom stereocenters. The van der Waals surface area contributed by atoms with Crippen molar-refractivity contribution in [2.45, 2.75) is 25.5 Å². The molecule has 1 aliphatic heterocycles. The quantitative estimate of drug-likeness (QED) is 0.507. The number of fused-ring (bicyclic) bond motifs is 1. The molecule has 4 nitrogen and oxygen atoms in total. The fourth-order valence-electron chi connectivity index (χ4n) is 3.11. The van der Waals surface area contributed by atoms with Crippen LogP contribution in [0.15, 0.2) is 29.0 Å². The Hall–Kier alpha value is -1.57. The van der Waals surface area contributed by atoms with Crippen molar-refractivity contribution in [3.63, 3.8) is 0 Å². The Morgan fingerprint density at radius 1 is 1.24 bits per heavy atom. The van der Waals surface area contributed by atoms with Crippen molar-refractivity contribution in [1.82, 2.24) is 14.8 Å². The first-order valence-electron chi connectivity index (χ1n) is 7.85. The lowest BCUT2D eigenvalue weighted by atomic mass is 10.1. The van der Waals surface area contributed by atoms with Crippen LogP contribution in [-0.4, -0.2) is 21.4 Å². The van der Waals surface area contributed by atoms with E-state index in [1.807, 2.05) is 0 Å². The van der Waals surface area contributed by atoms with E-state index in [1.165, 1.54) is 16.9 Å². The van der Waals surface area contributed by atoms with Crippen molar-refractivity contribution in [1.29, 1.82) is 0 Å². The standard InChI is InChI=1S/C17H13BrClF2N3O/c18-14-7-10(12(19)8-22-14)16-11-5-9(20)6-13(21)17(11)24(23-16)15-3-1-2-4-25-15/h5-8,15H,1-4H2. The summed E-state index contributed by atoms with van der Waals surface area (Å²) in [4.78, 5) is 4.05. The van der Waals surface area contributed by atoms with Gasteiger partial charge in [0, 0.05) is 29.8 Å². The third-order valence-electron chi connectivity index (χ3n) is 4.23. The molecule has 3 aromatic rings. The van der Waals surface area contributed by atoms with E-state index in [4.69, 9.17) is 16.3 Å². The number of ether oxygens (including phenoxy) is 1. The number of benzene rings is 1. The Bertz CT molecular complexity index is 957. The summed E-state index contributed by atoms with van der Waals surface area (Å²) < 4.78 is 36.2. The molecule has 0 amide bonds. The Kier molecular flexibility index (Phi) is 4.47. The lowest BCUT2D eigenvalue weighted by Gasteiger charge is -2.23. The first-order chi connectivity index (χ1) is 12.0. The SMILES string of the molecule is Fc1cc(F)c2c(c1)c(-c1cc(Br)ncc1Cl)nn2C1CCCCO1. The zero-order valence-electron chi connectivity index (χ0n) is 13.0. The summed E-state index contributed by atoms with van der Waals surface area (Å²) >= 11 is 9.55. The van der Waals surface area contributed by atoms with E-state index in [0.717, 1.165) is 25.3 Å². The molecular weight excluding hydrogens is 416 g/mol. The number of aromatic nitrogens is 3. The lowest BCUT2D eigenvalue weighted by molar-refractivity contribution is -0.0368. The van der Waals surface area contributed by atoms with Gasteiger partial charge in [-0.2, -0.15) is 5.10 Å². The molecular formula is C17H13BrClF2N3O. The smallest absolute Gasteiger partial charge is 0.152 e. The molecule has 1 aromatic carbocycles. The van der Waals surface area contributed by atoms with Gasteiger partial charge in [-0.25, -0.2) is 18.4 Å². The number of hydrogen-bond acceptors (Lipinski definition) is 3. The molecule has 1 unspecified atom stereocenters. The summed E-state index contributed by atoms with van der Waals surface area (Å²) in [6.07, 6.45) is 3.74. The molecule has 8 heteroatoms. The summed E-state index contributed by atoms with van der Waals surface area (Å²) in [6, 6.07) is 3.81. The number of nitrogens with zero attached hydrogens (tertiary/aromatic N) is 3. The largest absolute Gasteiger partial charge is 0.356 e. The van der Waals surface area contributed by atoms with Gasteiger partial charge in [0.05, 0.1) is 5.02 Å². The van der Waals surface area contributed by atoms with Crippen molar-refractivity contribution in [3.8, 4) is 11.3 Å². The molecule has 0 spiro atoms. The van der Waals surface area contributed by atoms with E-state index < -0.39 is 11.6 Å². The first kappa shape index (κ1) is 16.9. The van der Waals surface area contributed by atoms with E-state index in [0.29, 0.717) is 32.9 Å². The van der Waals surface area contributed by atoms with Crippen LogP contribution in [-0.2, 0) is 4.74 Å². The van der Waals surface area contributed by atoms with Crippen molar-refractivity contribution < 1.29 is 13.5 Å². The molecule has 0 saturated carbocycles. The molecule has 1 fully saturated rings. The van der Waals surface area contributed by atoms with E-state index >= 15 is 0 Å². The third kappa shape index (κ3) is 3.05. The highest BCUT2D eigenvalue weighted by Crippen LogP contribution is 2.37. The van der Waals surface area contributed by atoms with E-state index in [1.54, 1.807) is 6.07 Å². The predicted octanol–water partition coefficient (Wildman–Crippen LogP) is 5.49. The minimum Gasteiger partial charge on any atom is -0.356 e. The van der Waals surface area contributed by atoms with Crippen LogP contribution in [0.5, 0.6) is 0 Å². The predicted molar refractivity (Wildman–Crippen MR) is 94.4 cm³/mol. The molecule has 1 saturated heterocycles. The van der Waals surface area contributed by atoms with Gasteiger partial charge in [0.15, 0.2) is 12.0 Å². The van der Waals surface area contributed by atoms with Gasteiger partial charge in [0.1, 0.15) is 21.6 Å². The van der Waals surface area contributed by atoms with E-state index in [9.17, 15) is 8.78 Å². The minimum atomic E-state index is -0.674. The maximum absolute atomic E-state index is 14.6. The summed E-state index contributed by atoms with van der Waals surface area (Å²) in [6.45, 7) is 0.589. The summed E-state index contributed by atoms with van der Waals surface area (Å²) in [7, 11) is 0. The van der Waals surface area contributed by atoms with E-state index in [2.05, 4.69) is 26.0 Å².